The van der Waals surface area contributed by atoms with Crippen molar-refractivity contribution in [2.45, 2.75) is 58.8 Å². The molecule has 0 heterocycles. The molecule has 2 aliphatic rings. The van der Waals surface area contributed by atoms with Gasteiger partial charge in [-0.05, 0) is 61.8 Å². The molecule has 1 amide bonds. The van der Waals surface area contributed by atoms with Gasteiger partial charge in [-0.25, -0.2) is 0 Å². The van der Waals surface area contributed by atoms with E-state index in [0.29, 0.717) is 11.8 Å². The zero-order chi connectivity index (χ0) is 16.5. The Morgan fingerprint density at radius 1 is 1.29 bits per heavy atom. The molecule has 0 radical (unpaired) electrons. The summed E-state index contributed by atoms with van der Waals surface area (Å²) in [6, 6.07) is 10.7. The Labute approximate surface area is 148 Å². The smallest absolute Gasteiger partial charge is 0.223 e. The van der Waals surface area contributed by atoms with Crippen LogP contribution in [0.2, 0.25) is 0 Å². The van der Waals surface area contributed by atoms with Gasteiger partial charge in [0.05, 0.1) is 0 Å². The van der Waals surface area contributed by atoms with Crippen molar-refractivity contribution in [2.75, 3.05) is 13.2 Å². The quantitative estimate of drug-likeness (QED) is 0.859. The molecule has 2 saturated carbocycles. The van der Waals surface area contributed by atoms with Crippen molar-refractivity contribution in [1.29, 1.82) is 0 Å². The number of amides is 1. The first-order chi connectivity index (χ1) is 11.0. The van der Waals surface area contributed by atoms with Crippen LogP contribution in [0.1, 0.15) is 60.4 Å². The molecule has 24 heavy (non-hydrogen) atoms. The maximum Gasteiger partial charge on any atom is 0.223 e. The number of hydrogen-bond acceptors (Lipinski definition) is 2. The number of nitrogens with two attached hydrogens (primary N) is 1. The molecule has 3 heteroatoms. The Bertz CT molecular complexity index is 564. The van der Waals surface area contributed by atoms with Crippen LogP contribution in [0.3, 0.4) is 0 Å². The minimum absolute atomic E-state index is 0. The number of benzene rings is 1. The zero-order valence-corrected chi connectivity index (χ0v) is 14.4. The van der Waals surface area contributed by atoms with Gasteiger partial charge in [0.1, 0.15) is 0 Å². The van der Waals surface area contributed by atoms with E-state index in [4.69, 9.17) is 10.5 Å². The van der Waals surface area contributed by atoms with Crippen LogP contribution >= 0.6 is 0 Å². The summed E-state index contributed by atoms with van der Waals surface area (Å²) in [6.07, 6.45) is 5.26. The fourth-order valence-corrected chi connectivity index (χ4v) is 5.31. The Balaban J connectivity index is 0.00000156. The fourth-order valence-electron chi connectivity index (χ4n) is 5.31. The number of rotatable bonds is 5. The van der Waals surface area contributed by atoms with Crippen LogP contribution in [0.5, 0.6) is 0 Å². The molecule has 1 aromatic carbocycles. The summed E-state index contributed by atoms with van der Waals surface area (Å²) in [5.74, 6) is 1.03. The molecule has 0 aromatic heterocycles. The minimum atomic E-state index is -0.380. The van der Waals surface area contributed by atoms with E-state index in [9.17, 15) is 4.79 Å². The van der Waals surface area contributed by atoms with Crippen molar-refractivity contribution in [1.82, 2.24) is 0 Å². The maximum absolute atomic E-state index is 12.1. The standard InChI is InChI=1S/C20H29NO2.CH4.H2/c1-3-23-13-16-9-15-10-19(2,18(21)22)14-20(11-15,12-16)17-7-5-4-6-8-17;;/h4-8,15-16H,3,9-14H2,1-2H3,(H2,21,22);1H4;1H. The molecule has 3 nitrogen and oxygen atoms in total. The molecule has 1 aromatic rings. The number of hydrogen-bond donors (Lipinski definition) is 1. The normalized spacial score (nSPS) is 35.1. The summed E-state index contributed by atoms with van der Waals surface area (Å²) in [7, 11) is 0. The molecule has 136 valence electrons. The fraction of sp³-hybridized carbons (Fsp3) is 0.667. The highest BCUT2D eigenvalue weighted by Gasteiger charge is 2.53. The van der Waals surface area contributed by atoms with E-state index in [1.54, 1.807) is 0 Å². The van der Waals surface area contributed by atoms with E-state index in [0.717, 1.165) is 38.9 Å². The number of ether oxygens (including phenoxy) is 1. The average Bonchev–Trinajstić information content (AvgIpc) is 2.52. The Morgan fingerprint density at radius 2 is 2.00 bits per heavy atom. The molecular formula is C21H35NO2. The molecule has 3 rings (SSSR count). The summed E-state index contributed by atoms with van der Waals surface area (Å²) in [4.78, 5) is 12.1. The van der Waals surface area contributed by atoms with Crippen LogP contribution < -0.4 is 5.73 Å². The Hall–Kier alpha value is -1.35. The lowest BCUT2D eigenvalue weighted by Crippen LogP contribution is -2.51. The molecule has 2 fully saturated rings. The van der Waals surface area contributed by atoms with Crippen molar-refractivity contribution < 1.29 is 11.0 Å². The second-order valence-electron chi connectivity index (χ2n) is 7.99. The maximum atomic E-state index is 12.1. The van der Waals surface area contributed by atoms with Crippen molar-refractivity contribution in [3.8, 4) is 0 Å². The van der Waals surface area contributed by atoms with Crippen LogP contribution in [0.15, 0.2) is 30.3 Å². The van der Waals surface area contributed by atoms with E-state index in [1.807, 2.05) is 0 Å². The van der Waals surface area contributed by atoms with Gasteiger partial charge >= 0.3 is 0 Å². The van der Waals surface area contributed by atoms with Gasteiger partial charge in [-0.1, -0.05) is 44.7 Å². The van der Waals surface area contributed by atoms with Gasteiger partial charge in [-0.3, -0.25) is 4.79 Å². The van der Waals surface area contributed by atoms with Gasteiger partial charge in [0.15, 0.2) is 0 Å². The van der Waals surface area contributed by atoms with Crippen molar-refractivity contribution in [3.05, 3.63) is 35.9 Å². The van der Waals surface area contributed by atoms with Crippen LogP contribution in [0, 0.1) is 17.3 Å². The van der Waals surface area contributed by atoms with Crippen LogP contribution in [-0.2, 0) is 14.9 Å². The zero-order valence-electron chi connectivity index (χ0n) is 14.4. The molecular weight excluding hydrogens is 298 g/mol. The first-order valence-electron chi connectivity index (χ1n) is 8.91. The summed E-state index contributed by atoms with van der Waals surface area (Å²) < 4.78 is 5.73. The molecule has 2 bridgehead atoms. The lowest BCUT2D eigenvalue weighted by atomic mass is 9.50. The van der Waals surface area contributed by atoms with Crippen LogP contribution in [-0.4, -0.2) is 19.1 Å². The van der Waals surface area contributed by atoms with Crippen molar-refractivity contribution in [3.63, 3.8) is 0 Å². The predicted octanol–water partition coefficient (Wildman–Crippen LogP) is 4.54. The van der Waals surface area contributed by atoms with Gasteiger partial charge in [-0.15, -0.1) is 0 Å². The van der Waals surface area contributed by atoms with E-state index in [-0.39, 0.29) is 25.6 Å². The Kier molecular flexibility index (Phi) is 5.74. The molecule has 0 saturated heterocycles. The van der Waals surface area contributed by atoms with E-state index < -0.39 is 0 Å². The SMILES string of the molecule is C.CCOCC1CC2CC(C)(C(N)=O)CC(c3ccccc3)(C1)C2.[HH]. The summed E-state index contributed by atoms with van der Waals surface area (Å²) in [6.45, 7) is 5.75. The number of carbonyl (C=O) groups is 1. The third-order valence-corrected chi connectivity index (χ3v) is 6.03. The van der Waals surface area contributed by atoms with Gasteiger partial charge < -0.3 is 10.5 Å². The van der Waals surface area contributed by atoms with Crippen LogP contribution in [0.25, 0.3) is 0 Å². The largest absolute Gasteiger partial charge is 0.381 e. The number of primary amides is 1. The molecule has 4 atom stereocenters. The average molecular weight is 334 g/mol. The second kappa shape index (κ2) is 7.26. The summed E-state index contributed by atoms with van der Waals surface area (Å²) in [5.41, 5.74) is 6.86. The predicted molar refractivity (Wildman–Crippen MR) is 101 cm³/mol. The first-order valence-corrected chi connectivity index (χ1v) is 8.91. The third-order valence-electron chi connectivity index (χ3n) is 6.03. The van der Waals surface area contributed by atoms with Gasteiger partial charge in [-0.2, -0.15) is 0 Å². The Morgan fingerprint density at radius 3 is 2.62 bits per heavy atom. The summed E-state index contributed by atoms with van der Waals surface area (Å²) >= 11 is 0. The highest BCUT2D eigenvalue weighted by Crippen LogP contribution is 2.57. The first kappa shape index (κ1) is 19.0. The lowest BCUT2D eigenvalue weighted by Gasteiger charge is -2.54. The van der Waals surface area contributed by atoms with E-state index in [2.05, 4.69) is 44.2 Å². The molecule has 0 aliphatic heterocycles. The van der Waals surface area contributed by atoms with Gasteiger partial charge in [0.2, 0.25) is 5.91 Å². The van der Waals surface area contributed by atoms with Crippen LogP contribution in [0.4, 0.5) is 0 Å². The lowest BCUT2D eigenvalue weighted by molar-refractivity contribution is -0.133. The molecule has 2 N–H and O–H groups in total. The number of fused-ring (bicyclic) bond motifs is 2. The monoisotopic (exact) mass is 333 g/mol. The highest BCUT2D eigenvalue weighted by molar-refractivity contribution is 5.80. The van der Waals surface area contributed by atoms with Gasteiger partial charge in [0.25, 0.3) is 0 Å². The van der Waals surface area contributed by atoms with Gasteiger partial charge in [0, 0.05) is 20.1 Å². The second-order valence-corrected chi connectivity index (χ2v) is 7.99. The highest BCUT2D eigenvalue weighted by atomic mass is 16.5. The van der Waals surface area contributed by atoms with Crippen molar-refractivity contribution in [2.24, 2.45) is 23.0 Å². The van der Waals surface area contributed by atoms with E-state index >= 15 is 0 Å². The number of carbonyl (C=O) groups excluding carboxylic acids is 1. The minimum Gasteiger partial charge on any atom is -0.381 e. The topological polar surface area (TPSA) is 52.3 Å². The van der Waals surface area contributed by atoms with Crippen molar-refractivity contribution >= 4 is 5.91 Å². The molecule has 0 spiro atoms. The summed E-state index contributed by atoms with van der Waals surface area (Å²) in [5, 5.41) is 0. The third kappa shape index (κ3) is 3.51. The van der Waals surface area contributed by atoms with E-state index in [1.165, 1.54) is 12.0 Å². The molecule has 2 aliphatic carbocycles. The molecule has 4 unspecified atom stereocenters.